The van der Waals surface area contributed by atoms with E-state index >= 15 is 0 Å². The smallest absolute Gasteiger partial charge is 0.258 e. The van der Waals surface area contributed by atoms with Crippen LogP contribution in [-0.2, 0) is 7.05 Å². The van der Waals surface area contributed by atoms with Gasteiger partial charge in [-0.25, -0.2) is 4.98 Å². The molecule has 118 valence electrons. The van der Waals surface area contributed by atoms with Crippen molar-refractivity contribution in [2.45, 2.75) is 32.6 Å². The molecule has 1 aliphatic carbocycles. The molecule has 0 bridgehead atoms. The van der Waals surface area contributed by atoms with Crippen LogP contribution in [0.4, 0.5) is 5.13 Å². The highest BCUT2D eigenvalue weighted by Gasteiger charge is 2.28. The van der Waals surface area contributed by atoms with Crippen LogP contribution in [0.5, 0.6) is 0 Å². The highest BCUT2D eigenvalue weighted by molar-refractivity contribution is 7.15. The predicted octanol–water partition coefficient (Wildman–Crippen LogP) is 2.57. The molecule has 1 saturated carbocycles. The van der Waals surface area contributed by atoms with Gasteiger partial charge < -0.3 is 0 Å². The van der Waals surface area contributed by atoms with Crippen molar-refractivity contribution in [2.75, 3.05) is 5.32 Å². The van der Waals surface area contributed by atoms with Gasteiger partial charge in [0.25, 0.3) is 5.91 Å². The van der Waals surface area contributed by atoms with E-state index in [1.165, 1.54) is 11.3 Å². The molecule has 1 fully saturated rings. The molecule has 0 spiro atoms. The van der Waals surface area contributed by atoms with Crippen LogP contribution in [0.25, 0.3) is 11.0 Å². The van der Waals surface area contributed by atoms with E-state index in [9.17, 15) is 4.79 Å². The van der Waals surface area contributed by atoms with Crippen LogP contribution in [0, 0.1) is 13.8 Å². The zero-order valence-electron chi connectivity index (χ0n) is 13.1. The molecule has 8 heteroatoms. The van der Waals surface area contributed by atoms with Crippen LogP contribution >= 0.6 is 11.3 Å². The van der Waals surface area contributed by atoms with E-state index in [0.29, 0.717) is 16.6 Å². The molecule has 4 rings (SSSR count). The number of hydrogen-bond donors (Lipinski definition) is 1. The van der Waals surface area contributed by atoms with Gasteiger partial charge in [-0.2, -0.15) is 5.10 Å². The maximum absolute atomic E-state index is 12.8. The first-order valence-corrected chi connectivity index (χ1v) is 8.30. The van der Waals surface area contributed by atoms with Gasteiger partial charge in [-0.15, -0.1) is 10.2 Å². The van der Waals surface area contributed by atoms with E-state index in [-0.39, 0.29) is 5.91 Å². The second-order valence-electron chi connectivity index (χ2n) is 5.86. The van der Waals surface area contributed by atoms with E-state index in [2.05, 4.69) is 20.6 Å². The normalized spacial score (nSPS) is 14.4. The summed E-state index contributed by atoms with van der Waals surface area (Å²) in [5, 5.41) is 17.3. The van der Waals surface area contributed by atoms with Gasteiger partial charge in [0.2, 0.25) is 5.13 Å². The Morgan fingerprint density at radius 3 is 2.78 bits per heavy atom. The molecule has 0 atom stereocenters. The SMILES string of the molecule is Cc1nnc(NC(=O)c2cc(C3CC3)nc3c2c(C)nn3C)s1. The lowest BCUT2D eigenvalue weighted by Gasteiger charge is -2.07. The maximum Gasteiger partial charge on any atom is 0.258 e. The summed E-state index contributed by atoms with van der Waals surface area (Å²) in [4.78, 5) is 17.5. The molecule has 1 aliphatic rings. The Labute approximate surface area is 136 Å². The van der Waals surface area contributed by atoms with Gasteiger partial charge in [0.15, 0.2) is 5.65 Å². The fraction of sp³-hybridized carbons (Fsp3) is 0.400. The molecule has 3 aromatic heterocycles. The lowest BCUT2D eigenvalue weighted by Crippen LogP contribution is -2.13. The van der Waals surface area contributed by atoms with Crippen molar-refractivity contribution in [2.24, 2.45) is 7.05 Å². The average Bonchev–Trinajstić information content (AvgIpc) is 3.23. The summed E-state index contributed by atoms with van der Waals surface area (Å²) < 4.78 is 1.74. The number of pyridine rings is 1. The largest absolute Gasteiger partial charge is 0.296 e. The second kappa shape index (κ2) is 5.09. The molecule has 0 radical (unpaired) electrons. The first-order valence-electron chi connectivity index (χ1n) is 7.48. The zero-order valence-corrected chi connectivity index (χ0v) is 13.9. The number of anilines is 1. The molecule has 0 unspecified atom stereocenters. The third-order valence-corrected chi connectivity index (χ3v) is 4.73. The highest BCUT2D eigenvalue weighted by atomic mass is 32.1. The maximum atomic E-state index is 12.8. The molecular formula is C15H16N6OS. The third kappa shape index (κ3) is 2.48. The Balaban J connectivity index is 1.82. The van der Waals surface area contributed by atoms with Crippen LogP contribution in [-0.4, -0.2) is 30.9 Å². The molecule has 23 heavy (non-hydrogen) atoms. The predicted molar refractivity (Wildman–Crippen MR) is 87.8 cm³/mol. The average molecular weight is 328 g/mol. The molecule has 1 amide bonds. The van der Waals surface area contributed by atoms with Gasteiger partial charge in [0.05, 0.1) is 16.6 Å². The van der Waals surface area contributed by atoms with Crippen molar-refractivity contribution in [3.05, 3.63) is 28.0 Å². The van der Waals surface area contributed by atoms with Gasteiger partial charge in [0.1, 0.15) is 5.01 Å². The standard InChI is InChI=1S/C15H16N6OS/c1-7-12-10(14(22)17-15-19-18-8(2)23-15)6-11(9-4-5-9)16-13(12)21(3)20-7/h6,9H,4-5H2,1-3H3,(H,17,19,22). The number of rotatable bonds is 3. The fourth-order valence-corrected chi connectivity index (χ4v) is 3.33. The first-order chi connectivity index (χ1) is 11.0. The minimum absolute atomic E-state index is 0.188. The number of hydrogen-bond acceptors (Lipinski definition) is 6. The molecule has 0 aliphatic heterocycles. The summed E-state index contributed by atoms with van der Waals surface area (Å²) in [6.07, 6.45) is 2.26. The van der Waals surface area contributed by atoms with Crippen LogP contribution in [0.2, 0.25) is 0 Å². The molecular weight excluding hydrogens is 312 g/mol. The van der Waals surface area contributed by atoms with Gasteiger partial charge in [0, 0.05) is 18.7 Å². The van der Waals surface area contributed by atoms with Gasteiger partial charge in [-0.3, -0.25) is 14.8 Å². The zero-order chi connectivity index (χ0) is 16.1. The summed E-state index contributed by atoms with van der Waals surface area (Å²) in [5.41, 5.74) is 3.14. The van der Waals surface area contributed by atoms with Gasteiger partial charge >= 0.3 is 0 Å². The van der Waals surface area contributed by atoms with Crippen LogP contribution in [0.1, 0.15) is 45.5 Å². The minimum atomic E-state index is -0.188. The molecule has 3 heterocycles. The monoisotopic (exact) mass is 328 g/mol. The van der Waals surface area contributed by atoms with Crippen LogP contribution < -0.4 is 5.32 Å². The summed E-state index contributed by atoms with van der Waals surface area (Å²) in [5.74, 6) is 0.275. The Kier molecular flexibility index (Phi) is 3.15. The molecule has 0 saturated heterocycles. The molecule has 7 nitrogen and oxygen atoms in total. The lowest BCUT2D eigenvalue weighted by molar-refractivity contribution is 0.102. The molecule has 1 N–H and O–H groups in total. The van der Waals surface area contributed by atoms with Crippen molar-refractivity contribution in [3.63, 3.8) is 0 Å². The Bertz CT molecular complexity index is 924. The lowest BCUT2D eigenvalue weighted by atomic mass is 10.1. The molecule has 0 aromatic carbocycles. The molecule has 3 aromatic rings. The van der Waals surface area contributed by atoms with Gasteiger partial charge in [-0.05, 0) is 32.8 Å². The van der Waals surface area contributed by atoms with E-state index < -0.39 is 0 Å². The summed E-state index contributed by atoms with van der Waals surface area (Å²) in [6, 6.07) is 1.90. The van der Waals surface area contributed by atoms with Crippen LogP contribution in [0.15, 0.2) is 6.07 Å². The van der Waals surface area contributed by atoms with E-state index in [0.717, 1.165) is 40.3 Å². The van der Waals surface area contributed by atoms with Crippen LogP contribution in [0.3, 0.4) is 0 Å². The number of amides is 1. The topological polar surface area (TPSA) is 85.6 Å². The Hall–Kier alpha value is -2.35. The summed E-state index contributed by atoms with van der Waals surface area (Å²) in [7, 11) is 1.86. The number of nitrogens with one attached hydrogen (secondary N) is 1. The number of nitrogens with zero attached hydrogens (tertiary/aromatic N) is 5. The second-order valence-corrected chi connectivity index (χ2v) is 7.04. The number of carbonyl (C=O) groups is 1. The van der Waals surface area contributed by atoms with Crippen molar-refractivity contribution in [3.8, 4) is 0 Å². The van der Waals surface area contributed by atoms with Crippen molar-refractivity contribution >= 4 is 33.4 Å². The number of aryl methyl sites for hydroxylation is 3. The fourth-order valence-electron chi connectivity index (χ4n) is 2.74. The number of aromatic nitrogens is 5. The number of fused-ring (bicyclic) bond motifs is 1. The van der Waals surface area contributed by atoms with E-state index in [4.69, 9.17) is 4.98 Å². The Morgan fingerprint density at radius 1 is 1.35 bits per heavy atom. The van der Waals surface area contributed by atoms with E-state index in [1.54, 1.807) is 4.68 Å². The van der Waals surface area contributed by atoms with Crippen molar-refractivity contribution < 1.29 is 4.79 Å². The van der Waals surface area contributed by atoms with Crippen molar-refractivity contribution in [1.82, 2.24) is 25.0 Å². The minimum Gasteiger partial charge on any atom is -0.296 e. The Morgan fingerprint density at radius 2 is 2.13 bits per heavy atom. The van der Waals surface area contributed by atoms with E-state index in [1.807, 2.05) is 27.0 Å². The first kappa shape index (κ1) is 14.3. The third-order valence-electron chi connectivity index (χ3n) is 3.98. The van der Waals surface area contributed by atoms with Crippen molar-refractivity contribution in [1.29, 1.82) is 0 Å². The number of carbonyl (C=O) groups excluding carboxylic acids is 1. The summed E-state index contributed by atoms with van der Waals surface area (Å²) in [6.45, 7) is 3.75. The summed E-state index contributed by atoms with van der Waals surface area (Å²) >= 11 is 1.36. The van der Waals surface area contributed by atoms with Gasteiger partial charge in [-0.1, -0.05) is 11.3 Å². The quantitative estimate of drug-likeness (QED) is 0.798. The highest BCUT2D eigenvalue weighted by Crippen LogP contribution is 2.40.